The summed E-state index contributed by atoms with van der Waals surface area (Å²) in [5, 5.41) is 3.96. The Kier molecular flexibility index (Phi) is 7.29. The largest absolute Gasteiger partial charge is 0.542 e. The van der Waals surface area contributed by atoms with Gasteiger partial charge in [-0.3, -0.25) is 0 Å². The van der Waals surface area contributed by atoms with E-state index >= 15 is 0 Å². The molecule has 31 heavy (non-hydrogen) atoms. The van der Waals surface area contributed by atoms with E-state index in [0.717, 1.165) is 25.9 Å². The molecule has 1 fully saturated rings. The molecule has 0 atom stereocenters. The maximum absolute atomic E-state index is 13.1. The van der Waals surface area contributed by atoms with Crippen molar-refractivity contribution in [1.82, 2.24) is 10.3 Å². The number of anilines is 2. The molecule has 1 aromatic heterocycles. The third-order valence-electron chi connectivity index (χ3n) is 5.95. The minimum Gasteiger partial charge on any atom is -0.542 e. The highest BCUT2D eigenvalue weighted by Crippen LogP contribution is 2.37. The fourth-order valence-electron chi connectivity index (χ4n) is 3.04. The van der Waals surface area contributed by atoms with Gasteiger partial charge >= 0.3 is 6.09 Å². The van der Waals surface area contributed by atoms with Crippen LogP contribution in [0.4, 0.5) is 16.3 Å². The Morgan fingerprint density at radius 3 is 2.32 bits per heavy atom. The van der Waals surface area contributed by atoms with Crippen LogP contribution in [0.2, 0.25) is 23.2 Å². The Morgan fingerprint density at radius 2 is 1.77 bits per heavy atom. The van der Waals surface area contributed by atoms with E-state index in [0.29, 0.717) is 22.3 Å². The molecule has 1 aliphatic rings. The number of carbonyl (C=O) groups excluding carboxylic acids is 1. The summed E-state index contributed by atoms with van der Waals surface area (Å²) < 4.78 is 12.1. The number of halogens is 1. The van der Waals surface area contributed by atoms with Gasteiger partial charge in [0.15, 0.2) is 0 Å². The van der Waals surface area contributed by atoms with Gasteiger partial charge in [-0.2, -0.15) is 0 Å². The van der Waals surface area contributed by atoms with Crippen LogP contribution in [0.1, 0.15) is 33.6 Å². The summed E-state index contributed by atoms with van der Waals surface area (Å²) >= 11 is 6.05. The monoisotopic (exact) mass is 461 g/mol. The van der Waals surface area contributed by atoms with Crippen LogP contribution in [0.5, 0.6) is 5.75 Å². The second-order valence-electron chi connectivity index (χ2n) is 9.36. The molecule has 1 amide bonds. The highest BCUT2D eigenvalue weighted by Gasteiger charge is 2.39. The van der Waals surface area contributed by atoms with Crippen LogP contribution in [0.3, 0.4) is 0 Å². The normalized spacial score (nSPS) is 15.4. The maximum atomic E-state index is 13.1. The number of aromatic nitrogens is 1. The van der Waals surface area contributed by atoms with E-state index in [-0.39, 0.29) is 11.1 Å². The summed E-state index contributed by atoms with van der Waals surface area (Å²) in [6.07, 6.45) is 2.72. The quantitative estimate of drug-likeness (QED) is 0.541. The van der Waals surface area contributed by atoms with Crippen molar-refractivity contribution in [2.75, 3.05) is 18.0 Å². The number of rotatable bonds is 5. The molecule has 0 radical (unpaired) electrons. The van der Waals surface area contributed by atoms with Gasteiger partial charge in [-0.25, -0.2) is 14.7 Å². The molecule has 0 spiro atoms. The Labute approximate surface area is 191 Å². The summed E-state index contributed by atoms with van der Waals surface area (Å²) in [6, 6.07) is 10.7. The number of piperidine rings is 1. The molecule has 2 aromatic rings. The van der Waals surface area contributed by atoms with Crippen molar-refractivity contribution < 1.29 is 14.0 Å². The smallest absolute Gasteiger partial charge is 0.420 e. The lowest BCUT2D eigenvalue weighted by atomic mass is 10.1. The first-order chi connectivity index (χ1) is 14.6. The molecule has 0 bridgehead atoms. The van der Waals surface area contributed by atoms with Crippen LogP contribution in [0, 0.1) is 0 Å². The van der Waals surface area contributed by atoms with E-state index in [9.17, 15) is 4.79 Å². The average Bonchev–Trinajstić information content (AvgIpc) is 2.70. The van der Waals surface area contributed by atoms with E-state index in [1.807, 2.05) is 6.07 Å². The van der Waals surface area contributed by atoms with Crippen molar-refractivity contribution in [1.29, 1.82) is 0 Å². The van der Waals surface area contributed by atoms with Crippen molar-refractivity contribution in [2.24, 2.45) is 0 Å². The molecule has 3 rings (SSSR count). The predicted octanol–water partition coefficient (Wildman–Crippen LogP) is 6.15. The van der Waals surface area contributed by atoms with Crippen molar-refractivity contribution in [3.8, 4) is 5.75 Å². The van der Waals surface area contributed by atoms with Gasteiger partial charge in [0.05, 0.1) is 11.9 Å². The van der Waals surface area contributed by atoms with E-state index in [1.165, 1.54) is 4.90 Å². The number of hydrogen-bond donors (Lipinski definition) is 1. The van der Waals surface area contributed by atoms with Crippen molar-refractivity contribution in [3.63, 3.8) is 0 Å². The highest BCUT2D eigenvalue weighted by atomic mass is 35.5. The Balaban J connectivity index is 1.84. The molecule has 1 aromatic carbocycles. The predicted molar refractivity (Wildman–Crippen MR) is 128 cm³/mol. The molecule has 2 heterocycles. The first-order valence-electron chi connectivity index (χ1n) is 10.7. The molecule has 0 saturated carbocycles. The Bertz CT molecular complexity index is 876. The van der Waals surface area contributed by atoms with Gasteiger partial charge in [0.25, 0.3) is 8.32 Å². The molecule has 8 heteroatoms. The number of ether oxygens (including phenoxy) is 1. The summed E-state index contributed by atoms with van der Waals surface area (Å²) in [6.45, 7) is 12.7. The number of carbonyl (C=O) groups is 1. The van der Waals surface area contributed by atoms with Crippen LogP contribution >= 0.6 is 11.6 Å². The van der Waals surface area contributed by atoms with E-state index in [1.54, 1.807) is 36.5 Å². The summed E-state index contributed by atoms with van der Waals surface area (Å²) in [4.78, 5) is 19.1. The van der Waals surface area contributed by atoms with Gasteiger partial charge in [-0.05, 0) is 80.5 Å². The Morgan fingerprint density at radius 1 is 1.13 bits per heavy atom. The zero-order valence-electron chi connectivity index (χ0n) is 18.9. The van der Waals surface area contributed by atoms with Gasteiger partial charge in [-0.15, -0.1) is 0 Å². The summed E-state index contributed by atoms with van der Waals surface area (Å²) in [5.41, 5.74) is 0.647. The number of nitrogens with zero attached hydrogens (tertiary/aromatic N) is 2. The zero-order chi connectivity index (χ0) is 22.6. The number of amides is 1. The van der Waals surface area contributed by atoms with Gasteiger partial charge in [0, 0.05) is 5.02 Å². The second-order valence-corrected chi connectivity index (χ2v) is 14.5. The summed E-state index contributed by atoms with van der Waals surface area (Å²) in [5.74, 6) is 1.18. The zero-order valence-corrected chi connectivity index (χ0v) is 20.7. The number of pyridine rings is 1. The number of nitrogens with one attached hydrogen (secondary N) is 1. The number of benzene rings is 1. The lowest BCUT2D eigenvalue weighted by molar-refractivity contribution is 0.0869. The average molecular weight is 462 g/mol. The SMILES string of the molecule is CC(C)(C)[Si](C)(C)Oc1ccc(N(C(=O)OC2CCNCC2)c2ccc(Cl)cc2)nc1. The summed E-state index contributed by atoms with van der Waals surface area (Å²) in [7, 11) is -1.98. The minimum atomic E-state index is -1.98. The maximum Gasteiger partial charge on any atom is 0.420 e. The first kappa shape index (κ1) is 23.6. The molecule has 1 aliphatic heterocycles. The highest BCUT2D eigenvalue weighted by molar-refractivity contribution is 6.74. The third kappa shape index (κ3) is 5.99. The van der Waals surface area contributed by atoms with Gasteiger partial charge < -0.3 is 14.5 Å². The molecule has 0 aliphatic carbocycles. The molecule has 0 unspecified atom stereocenters. The molecule has 168 valence electrons. The third-order valence-corrected chi connectivity index (χ3v) is 10.6. The van der Waals surface area contributed by atoms with Crippen LogP contribution < -0.4 is 14.6 Å². The van der Waals surface area contributed by atoms with Gasteiger partial charge in [0.2, 0.25) is 0 Å². The van der Waals surface area contributed by atoms with Gasteiger partial charge in [0.1, 0.15) is 17.7 Å². The van der Waals surface area contributed by atoms with Crippen LogP contribution in [0.15, 0.2) is 42.6 Å². The molecule has 1 N–H and O–H groups in total. The molecule has 6 nitrogen and oxygen atoms in total. The fraction of sp³-hybridized carbons (Fsp3) is 0.478. The van der Waals surface area contributed by atoms with E-state index in [4.69, 9.17) is 20.8 Å². The van der Waals surface area contributed by atoms with Crippen molar-refractivity contribution in [3.05, 3.63) is 47.6 Å². The van der Waals surface area contributed by atoms with E-state index in [2.05, 4.69) is 44.2 Å². The first-order valence-corrected chi connectivity index (χ1v) is 14.0. The number of hydrogen-bond acceptors (Lipinski definition) is 5. The minimum absolute atomic E-state index is 0.0830. The Hall–Kier alpha value is -2.09. The lowest BCUT2D eigenvalue weighted by Gasteiger charge is -2.36. The van der Waals surface area contributed by atoms with Crippen molar-refractivity contribution in [2.45, 2.75) is 57.8 Å². The van der Waals surface area contributed by atoms with Crippen LogP contribution in [-0.4, -0.2) is 38.6 Å². The fourth-order valence-corrected chi connectivity index (χ4v) is 4.18. The van der Waals surface area contributed by atoms with Crippen LogP contribution in [0.25, 0.3) is 0 Å². The molecule has 1 saturated heterocycles. The second kappa shape index (κ2) is 9.59. The van der Waals surface area contributed by atoms with E-state index < -0.39 is 14.4 Å². The van der Waals surface area contributed by atoms with Gasteiger partial charge in [-0.1, -0.05) is 32.4 Å². The van der Waals surface area contributed by atoms with Crippen LogP contribution in [-0.2, 0) is 4.74 Å². The topological polar surface area (TPSA) is 63.7 Å². The lowest BCUT2D eigenvalue weighted by Crippen LogP contribution is -2.43. The molecular weight excluding hydrogens is 430 g/mol. The van der Waals surface area contributed by atoms with Crippen molar-refractivity contribution >= 4 is 37.5 Å². The molecular formula is C23H32ClN3O3Si. The standard InChI is InChI=1S/C23H32ClN3O3Si/c1-23(2,3)31(4,5)30-20-10-11-21(26-16-20)27(18-8-6-17(24)7-9-18)22(28)29-19-12-14-25-15-13-19/h6-11,16,19,25H,12-15H2,1-5H3.